The summed E-state index contributed by atoms with van der Waals surface area (Å²) in [5, 5.41) is 12.8. The Bertz CT molecular complexity index is 1420. The highest BCUT2D eigenvalue weighted by Crippen LogP contribution is 2.59. The quantitative estimate of drug-likeness (QED) is 0.271. The van der Waals surface area contributed by atoms with Crippen LogP contribution in [-0.2, 0) is 66.7 Å². The molecule has 1 N–H and O–H groups in total. The minimum atomic E-state index is -2.46. The second-order valence-corrected chi connectivity index (χ2v) is 13.1. The van der Waals surface area contributed by atoms with Gasteiger partial charge in [0.2, 0.25) is 0 Å². The molecule has 15 heteroatoms. The number of fused-ring (bicyclic) bond motifs is 2. The molecular weight excluding hydrogens is 648 g/mol. The molecule has 1 saturated carbocycles. The van der Waals surface area contributed by atoms with Gasteiger partial charge in [0.1, 0.15) is 31.0 Å². The lowest BCUT2D eigenvalue weighted by Crippen LogP contribution is -2.75. The molecule has 0 bridgehead atoms. The molecule has 3 rings (SSSR count). The number of ether oxygens (including phenoxy) is 7. The van der Waals surface area contributed by atoms with Crippen LogP contribution >= 0.6 is 0 Å². The van der Waals surface area contributed by atoms with Crippen LogP contribution in [0, 0.1) is 17.3 Å². The zero-order valence-corrected chi connectivity index (χ0v) is 29.3. The Morgan fingerprint density at radius 2 is 1.49 bits per heavy atom. The van der Waals surface area contributed by atoms with Gasteiger partial charge in [-0.15, -0.1) is 0 Å². The zero-order valence-electron chi connectivity index (χ0n) is 29.3. The van der Waals surface area contributed by atoms with E-state index < -0.39 is 101 Å². The van der Waals surface area contributed by atoms with Crippen molar-refractivity contribution in [2.24, 2.45) is 17.3 Å². The van der Waals surface area contributed by atoms with Crippen LogP contribution in [0.1, 0.15) is 81.6 Å². The van der Waals surface area contributed by atoms with E-state index >= 15 is 0 Å². The third-order valence-electron chi connectivity index (χ3n) is 9.44. The number of aliphatic hydroxyl groups is 1. The van der Waals surface area contributed by atoms with Gasteiger partial charge in [-0.05, 0) is 38.0 Å². The first kappa shape index (κ1) is 39.2. The van der Waals surface area contributed by atoms with E-state index in [0.717, 1.165) is 27.7 Å². The van der Waals surface area contributed by atoms with Crippen molar-refractivity contribution in [1.82, 2.24) is 0 Å². The Hall–Kier alpha value is -4.27. The maximum absolute atomic E-state index is 13.3. The molecule has 3 aliphatic rings. The van der Waals surface area contributed by atoms with Crippen LogP contribution in [0.15, 0.2) is 23.8 Å². The predicted molar refractivity (Wildman–Crippen MR) is 166 cm³/mol. The van der Waals surface area contributed by atoms with Gasteiger partial charge in [0.05, 0.1) is 17.3 Å². The first-order valence-corrected chi connectivity index (χ1v) is 16.1. The van der Waals surface area contributed by atoms with Crippen molar-refractivity contribution in [3.8, 4) is 0 Å². The van der Waals surface area contributed by atoms with E-state index in [1.54, 1.807) is 6.92 Å². The average molecular weight is 695 g/mol. The largest absolute Gasteiger partial charge is 0.462 e. The number of rotatable bonds is 9. The lowest BCUT2D eigenvalue weighted by Gasteiger charge is -2.61. The molecule has 0 amide bonds. The van der Waals surface area contributed by atoms with Gasteiger partial charge in [0.15, 0.2) is 17.3 Å². The summed E-state index contributed by atoms with van der Waals surface area (Å²) in [4.78, 5) is 89.4. The van der Waals surface area contributed by atoms with E-state index in [9.17, 15) is 38.7 Å². The van der Waals surface area contributed by atoms with Crippen molar-refractivity contribution in [2.45, 2.75) is 123 Å². The second-order valence-electron chi connectivity index (χ2n) is 13.1. The molecule has 15 nitrogen and oxygen atoms in total. The maximum Gasteiger partial charge on any atom is 0.312 e. The molecule has 0 aromatic rings. The number of carbonyl (C=O) groups is 7. The van der Waals surface area contributed by atoms with Crippen molar-refractivity contribution in [1.29, 1.82) is 0 Å². The zero-order chi connectivity index (χ0) is 37.1. The third kappa shape index (κ3) is 7.97. The second kappa shape index (κ2) is 15.1. The molecular formula is C34H46O15. The highest BCUT2D eigenvalue weighted by molar-refractivity contribution is 5.78. The molecule has 49 heavy (non-hydrogen) atoms. The number of hydrogen-bond acceptors (Lipinski definition) is 15. The molecule has 0 radical (unpaired) electrons. The molecule has 1 aliphatic heterocycles. The van der Waals surface area contributed by atoms with Crippen molar-refractivity contribution in [3.63, 3.8) is 0 Å². The van der Waals surface area contributed by atoms with Crippen LogP contribution in [0.3, 0.4) is 0 Å². The Balaban J connectivity index is 2.57. The normalized spacial score (nSPS) is 37.0. The van der Waals surface area contributed by atoms with Crippen LogP contribution in [0.5, 0.6) is 0 Å². The van der Waals surface area contributed by atoms with Gasteiger partial charge in [0, 0.05) is 47.5 Å². The first-order chi connectivity index (χ1) is 22.7. The lowest BCUT2D eigenvalue weighted by atomic mass is 9.51. The molecule has 2 fully saturated rings. The topological polar surface area (TPSA) is 204 Å². The van der Waals surface area contributed by atoms with Gasteiger partial charge in [-0.2, -0.15) is 0 Å². The van der Waals surface area contributed by atoms with Crippen molar-refractivity contribution in [3.05, 3.63) is 23.8 Å². The molecule has 5 unspecified atom stereocenters. The third-order valence-corrected chi connectivity index (χ3v) is 9.44. The van der Waals surface area contributed by atoms with Gasteiger partial charge in [-0.25, -0.2) is 0 Å². The first-order valence-electron chi connectivity index (χ1n) is 16.1. The maximum atomic E-state index is 13.3. The fourth-order valence-electron chi connectivity index (χ4n) is 7.32. The van der Waals surface area contributed by atoms with Crippen molar-refractivity contribution in [2.75, 3.05) is 6.61 Å². The van der Waals surface area contributed by atoms with Crippen molar-refractivity contribution >= 4 is 41.8 Å². The highest BCUT2D eigenvalue weighted by atomic mass is 16.6. The Morgan fingerprint density at radius 3 is 2.02 bits per heavy atom. The molecule has 0 spiro atoms. The molecule has 1 saturated heterocycles. The molecule has 10 atom stereocenters. The van der Waals surface area contributed by atoms with E-state index in [1.807, 2.05) is 0 Å². The summed E-state index contributed by atoms with van der Waals surface area (Å²) in [5.74, 6) is -8.57. The van der Waals surface area contributed by atoms with E-state index in [0.29, 0.717) is 6.42 Å². The summed E-state index contributed by atoms with van der Waals surface area (Å²) in [7, 11) is 0. The minimum Gasteiger partial charge on any atom is -0.462 e. The standard InChI is InChI=1S/C34H46O15/c1-10-11-28(40)47-26-15-25(45-20(5)37)32(8)24(44-19(4)36)13-12-23(16-43-18(3)35)14-27-34(42,17(2)31(41)48-27)30(46-21(6)38)29(32)33(26,9)49-22(7)39/h12-14,17,24-27,29-30,42H,10-11,15-16H2,1-9H3/b13-12-,23-14+/t17?,24-,25?,26?,27?,29?,30-,32+,33-,34-/m1/s1. The number of carbonyl (C=O) groups excluding carboxylic acids is 7. The summed E-state index contributed by atoms with van der Waals surface area (Å²) in [6.45, 7) is 11.2. The van der Waals surface area contributed by atoms with Gasteiger partial charge >= 0.3 is 41.8 Å². The van der Waals surface area contributed by atoms with Crippen LogP contribution in [0.2, 0.25) is 0 Å². The van der Waals surface area contributed by atoms with E-state index in [2.05, 4.69) is 0 Å². The number of hydrogen-bond donors (Lipinski definition) is 1. The monoisotopic (exact) mass is 694 g/mol. The fourth-order valence-corrected chi connectivity index (χ4v) is 7.32. The fraction of sp³-hybridized carbons (Fsp3) is 0.676. The summed E-state index contributed by atoms with van der Waals surface area (Å²) in [6.07, 6.45) is -3.34. The summed E-state index contributed by atoms with van der Waals surface area (Å²) in [6, 6.07) is 0. The average Bonchev–Trinajstić information content (AvgIpc) is 3.18. The van der Waals surface area contributed by atoms with E-state index in [-0.39, 0.29) is 25.0 Å². The van der Waals surface area contributed by atoms with E-state index in [4.69, 9.17) is 33.2 Å². The molecule has 2 aliphatic carbocycles. The van der Waals surface area contributed by atoms with Crippen LogP contribution < -0.4 is 0 Å². The SMILES string of the molecule is CCCC(=O)OC1CC(OC(C)=O)[C@@]2(C)C([C@@H](OC(C)=O)[C@]3(O)C(/C=C(COC(C)=O)\C=C/[C@H]2OC(C)=O)OC(=O)C3C)[C@]1(C)OC(C)=O. The molecule has 0 aromatic carbocycles. The van der Waals surface area contributed by atoms with Gasteiger partial charge in [-0.3, -0.25) is 33.6 Å². The van der Waals surface area contributed by atoms with Crippen molar-refractivity contribution < 1.29 is 71.8 Å². The van der Waals surface area contributed by atoms with Crippen LogP contribution in [0.4, 0.5) is 0 Å². The van der Waals surface area contributed by atoms with Crippen LogP contribution in [0.25, 0.3) is 0 Å². The Morgan fingerprint density at radius 1 is 0.878 bits per heavy atom. The number of esters is 7. The summed E-state index contributed by atoms with van der Waals surface area (Å²) >= 11 is 0. The van der Waals surface area contributed by atoms with Crippen LogP contribution in [-0.4, -0.2) is 95.2 Å². The highest BCUT2D eigenvalue weighted by Gasteiger charge is 2.74. The summed E-state index contributed by atoms with van der Waals surface area (Å²) < 4.78 is 40.4. The molecule has 1 heterocycles. The molecule has 272 valence electrons. The predicted octanol–water partition coefficient (Wildman–Crippen LogP) is 2.19. The van der Waals surface area contributed by atoms with Gasteiger partial charge in [-0.1, -0.05) is 19.9 Å². The van der Waals surface area contributed by atoms with E-state index in [1.165, 1.54) is 45.9 Å². The van der Waals surface area contributed by atoms with Gasteiger partial charge < -0.3 is 38.3 Å². The summed E-state index contributed by atoms with van der Waals surface area (Å²) in [5.41, 5.74) is -6.07. The van der Waals surface area contributed by atoms with Gasteiger partial charge in [0.25, 0.3) is 0 Å². The molecule has 0 aromatic heterocycles. The smallest absolute Gasteiger partial charge is 0.312 e. The minimum absolute atomic E-state index is 0.0275. The Labute approximate surface area is 284 Å². The lowest BCUT2D eigenvalue weighted by molar-refractivity contribution is -0.290. The Kier molecular flexibility index (Phi) is 12.1.